The summed E-state index contributed by atoms with van der Waals surface area (Å²) in [7, 11) is 1.63. The van der Waals surface area contributed by atoms with Crippen molar-refractivity contribution in [2.24, 2.45) is 0 Å². The van der Waals surface area contributed by atoms with Gasteiger partial charge in [0.25, 0.3) is 5.91 Å². The number of methoxy groups -OCH3 is 1. The van der Waals surface area contributed by atoms with Gasteiger partial charge in [0, 0.05) is 10.6 Å². The summed E-state index contributed by atoms with van der Waals surface area (Å²) in [6.45, 7) is 2.61. The number of rotatable bonds is 8. The van der Waals surface area contributed by atoms with Crippen LogP contribution in [0.1, 0.15) is 17.4 Å². The van der Waals surface area contributed by atoms with Crippen LogP contribution in [0.15, 0.2) is 66.0 Å². The highest BCUT2D eigenvalue weighted by molar-refractivity contribution is 7.09. The van der Waals surface area contributed by atoms with E-state index in [9.17, 15) is 4.79 Å². The van der Waals surface area contributed by atoms with Crippen LogP contribution in [0.5, 0.6) is 11.5 Å². The van der Waals surface area contributed by atoms with Crippen LogP contribution in [0.2, 0.25) is 0 Å². The monoisotopic (exact) mass is 381 g/mol. The fraction of sp³-hybridized carbons (Fsp3) is 0.227. The lowest BCUT2D eigenvalue weighted by molar-refractivity contribution is -0.120. The maximum Gasteiger partial charge on any atom is 0.265 e. The fourth-order valence-electron chi connectivity index (χ4n) is 2.69. The molecular formula is C22H23NO3S. The normalized spacial score (nSPS) is 10.4. The molecule has 1 heterocycles. The number of hydrogen-bond acceptors (Lipinski definition) is 4. The molecule has 0 spiro atoms. The van der Waals surface area contributed by atoms with Crippen LogP contribution >= 0.6 is 11.3 Å². The molecule has 140 valence electrons. The summed E-state index contributed by atoms with van der Waals surface area (Å²) in [4.78, 5) is 15.8. The predicted molar refractivity (Wildman–Crippen MR) is 110 cm³/mol. The summed E-state index contributed by atoms with van der Waals surface area (Å²) in [5, 5.41) is 2.01. The molecule has 3 aromatic rings. The zero-order valence-corrected chi connectivity index (χ0v) is 16.4. The number of benzene rings is 2. The third-order valence-electron chi connectivity index (χ3n) is 4.27. The number of thiophene rings is 1. The Hall–Kier alpha value is -2.79. The SMILES string of the molecule is CCc1ccc(OCC(=O)N(Cc2cccs2)c2ccc(OC)cc2)cc1. The molecule has 0 bridgehead atoms. The number of carbonyl (C=O) groups is 1. The van der Waals surface area contributed by atoms with Gasteiger partial charge in [0.15, 0.2) is 6.61 Å². The van der Waals surface area contributed by atoms with Gasteiger partial charge in [-0.2, -0.15) is 0 Å². The minimum atomic E-state index is -0.0897. The average molecular weight is 381 g/mol. The van der Waals surface area contributed by atoms with Gasteiger partial charge in [0.1, 0.15) is 11.5 Å². The maximum atomic E-state index is 12.9. The molecule has 0 atom stereocenters. The first-order chi connectivity index (χ1) is 13.2. The zero-order chi connectivity index (χ0) is 19.1. The molecule has 0 aliphatic carbocycles. The molecule has 0 saturated heterocycles. The van der Waals surface area contributed by atoms with E-state index in [1.165, 1.54) is 5.56 Å². The van der Waals surface area contributed by atoms with Gasteiger partial charge in [-0.15, -0.1) is 11.3 Å². The third kappa shape index (κ3) is 5.11. The number of carbonyl (C=O) groups excluding carboxylic acids is 1. The first-order valence-electron chi connectivity index (χ1n) is 8.88. The van der Waals surface area contributed by atoms with E-state index in [2.05, 4.69) is 6.92 Å². The molecule has 0 saturated carbocycles. The lowest BCUT2D eigenvalue weighted by Gasteiger charge is -2.22. The first-order valence-corrected chi connectivity index (χ1v) is 9.76. The number of amides is 1. The molecule has 0 radical (unpaired) electrons. The molecule has 4 nitrogen and oxygen atoms in total. The Kier molecular flexibility index (Phi) is 6.49. The Morgan fingerprint density at radius 3 is 2.30 bits per heavy atom. The number of hydrogen-bond donors (Lipinski definition) is 0. The second kappa shape index (κ2) is 9.24. The van der Waals surface area contributed by atoms with Crippen LogP contribution in [0.25, 0.3) is 0 Å². The van der Waals surface area contributed by atoms with Crippen molar-refractivity contribution in [3.05, 3.63) is 76.5 Å². The highest BCUT2D eigenvalue weighted by Gasteiger charge is 2.18. The van der Waals surface area contributed by atoms with Crippen LogP contribution in [0.3, 0.4) is 0 Å². The van der Waals surface area contributed by atoms with Crippen molar-refractivity contribution in [3.8, 4) is 11.5 Å². The predicted octanol–water partition coefficient (Wildman–Crippen LogP) is 4.93. The molecule has 1 aromatic heterocycles. The van der Waals surface area contributed by atoms with Gasteiger partial charge >= 0.3 is 0 Å². The van der Waals surface area contributed by atoms with Crippen molar-refractivity contribution in [3.63, 3.8) is 0 Å². The number of nitrogens with zero attached hydrogens (tertiary/aromatic N) is 1. The minimum Gasteiger partial charge on any atom is -0.497 e. The van der Waals surface area contributed by atoms with Gasteiger partial charge in [-0.05, 0) is 59.8 Å². The standard InChI is InChI=1S/C22H23NO3S/c1-3-17-6-10-20(11-7-17)26-16-22(24)23(15-21-5-4-14-27-21)18-8-12-19(25-2)13-9-18/h4-14H,3,15-16H2,1-2H3. The largest absolute Gasteiger partial charge is 0.497 e. The topological polar surface area (TPSA) is 38.8 Å². The van der Waals surface area contributed by atoms with Crippen molar-refractivity contribution in [1.29, 1.82) is 0 Å². The van der Waals surface area contributed by atoms with Gasteiger partial charge < -0.3 is 14.4 Å². The lowest BCUT2D eigenvalue weighted by atomic mass is 10.2. The Morgan fingerprint density at radius 1 is 1.00 bits per heavy atom. The summed E-state index contributed by atoms with van der Waals surface area (Å²) in [6, 6.07) is 19.4. The van der Waals surface area contributed by atoms with Crippen molar-refractivity contribution < 1.29 is 14.3 Å². The molecular weight excluding hydrogens is 358 g/mol. The Morgan fingerprint density at radius 2 is 1.70 bits per heavy atom. The van der Waals surface area contributed by atoms with E-state index < -0.39 is 0 Å². The summed E-state index contributed by atoms with van der Waals surface area (Å²) in [5.41, 5.74) is 2.06. The molecule has 0 unspecified atom stereocenters. The quantitative estimate of drug-likeness (QED) is 0.555. The van der Waals surface area contributed by atoms with Gasteiger partial charge in [0.05, 0.1) is 13.7 Å². The van der Waals surface area contributed by atoms with Crippen molar-refractivity contribution in [2.75, 3.05) is 18.6 Å². The summed E-state index contributed by atoms with van der Waals surface area (Å²) in [5.74, 6) is 1.37. The van der Waals surface area contributed by atoms with Crippen LogP contribution in [-0.4, -0.2) is 19.6 Å². The van der Waals surface area contributed by atoms with E-state index in [4.69, 9.17) is 9.47 Å². The van der Waals surface area contributed by atoms with Gasteiger partial charge in [0.2, 0.25) is 0 Å². The second-order valence-electron chi connectivity index (χ2n) is 6.04. The molecule has 0 aliphatic heterocycles. The molecule has 0 N–H and O–H groups in total. The average Bonchev–Trinajstić information content (AvgIpc) is 3.24. The Balaban J connectivity index is 1.72. The highest BCUT2D eigenvalue weighted by Crippen LogP contribution is 2.23. The smallest absolute Gasteiger partial charge is 0.265 e. The Bertz CT molecular complexity index is 842. The van der Waals surface area contributed by atoms with E-state index in [1.807, 2.05) is 66.0 Å². The third-order valence-corrected chi connectivity index (χ3v) is 5.13. The Labute approximate surface area is 164 Å². The fourth-order valence-corrected chi connectivity index (χ4v) is 3.38. The van der Waals surface area contributed by atoms with Crippen LogP contribution < -0.4 is 14.4 Å². The van der Waals surface area contributed by atoms with Crippen molar-refractivity contribution in [1.82, 2.24) is 0 Å². The van der Waals surface area contributed by atoms with Crippen molar-refractivity contribution >= 4 is 22.9 Å². The maximum absolute atomic E-state index is 12.9. The highest BCUT2D eigenvalue weighted by atomic mass is 32.1. The summed E-state index contributed by atoms with van der Waals surface area (Å²) < 4.78 is 10.9. The van der Waals surface area contributed by atoms with E-state index in [1.54, 1.807) is 23.3 Å². The van der Waals surface area contributed by atoms with Gasteiger partial charge in [-0.1, -0.05) is 25.1 Å². The van der Waals surface area contributed by atoms with Gasteiger partial charge in [-0.25, -0.2) is 0 Å². The summed E-state index contributed by atoms with van der Waals surface area (Å²) in [6.07, 6.45) is 0.977. The van der Waals surface area contributed by atoms with E-state index in [0.29, 0.717) is 12.3 Å². The van der Waals surface area contributed by atoms with Crippen LogP contribution in [-0.2, 0) is 17.8 Å². The number of anilines is 1. The summed E-state index contributed by atoms with van der Waals surface area (Å²) >= 11 is 1.63. The first kappa shape index (κ1) is 19.0. The second-order valence-corrected chi connectivity index (χ2v) is 7.08. The van der Waals surface area contributed by atoms with Crippen LogP contribution in [0, 0.1) is 0 Å². The molecule has 3 rings (SSSR count). The minimum absolute atomic E-state index is 0.0110. The van der Waals surface area contributed by atoms with Crippen molar-refractivity contribution in [2.45, 2.75) is 19.9 Å². The molecule has 5 heteroatoms. The molecule has 2 aromatic carbocycles. The van der Waals surface area contributed by atoms with E-state index in [-0.39, 0.29) is 12.5 Å². The number of ether oxygens (including phenoxy) is 2. The number of aryl methyl sites for hydroxylation is 1. The van der Waals surface area contributed by atoms with Crippen LogP contribution in [0.4, 0.5) is 5.69 Å². The molecule has 27 heavy (non-hydrogen) atoms. The zero-order valence-electron chi connectivity index (χ0n) is 15.6. The van der Waals surface area contributed by atoms with E-state index in [0.717, 1.165) is 22.7 Å². The van der Waals surface area contributed by atoms with E-state index >= 15 is 0 Å². The lowest BCUT2D eigenvalue weighted by Crippen LogP contribution is -2.34. The molecule has 0 fully saturated rings. The molecule has 0 aliphatic rings. The van der Waals surface area contributed by atoms with Gasteiger partial charge in [-0.3, -0.25) is 4.79 Å². The molecule has 1 amide bonds.